The fourth-order valence-corrected chi connectivity index (χ4v) is 6.36. The van der Waals surface area contributed by atoms with Crippen LogP contribution in [0.25, 0.3) is 11.0 Å². The van der Waals surface area contributed by atoms with E-state index in [0.29, 0.717) is 18.0 Å². The van der Waals surface area contributed by atoms with E-state index in [9.17, 15) is 8.42 Å². The zero-order valence-corrected chi connectivity index (χ0v) is 17.5. The van der Waals surface area contributed by atoms with Gasteiger partial charge in [-0.05, 0) is 68.4 Å². The first kappa shape index (κ1) is 18.8. The van der Waals surface area contributed by atoms with Crippen LogP contribution in [0.2, 0.25) is 0 Å². The summed E-state index contributed by atoms with van der Waals surface area (Å²) in [5, 5.41) is 0. The lowest BCUT2D eigenvalue weighted by molar-refractivity contribution is 0.469. The molecule has 1 aromatic carbocycles. The van der Waals surface area contributed by atoms with Crippen LogP contribution in [0.5, 0.6) is 0 Å². The molecule has 1 aliphatic carbocycles. The van der Waals surface area contributed by atoms with Gasteiger partial charge in [0.2, 0.25) is 10.0 Å². The Bertz CT molecular complexity index is 1170. The number of sulfonamides is 1. The molecular weight excluding hydrogens is 384 g/mol. The molecule has 1 fully saturated rings. The summed E-state index contributed by atoms with van der Waals surface area (Å²) in [6.07, 6.45) is 8.76. The second-order valence-electron chi connectivity index (χ2n) is 8.06. The standard InChI is InChI=1S/C22H26N4O2S/c1-2-26-21-14-23-11-9-20(21)24-22(26)18-10-12-25(15-18)29(27,28)19-8-7-16-5-3-4-6-17(16)13-19/h7-9,11,13-14,18H,2-6,10,12,15H2,1H3/t18-/m1/s1. The van der Waals surface area contributed by atoms with E-state index >= 15 is 0 Å². The molecule has 1 atom stereocenters. The molecule has 0 unspecified atom stereocenters. The largest absolute Gasteiger partial charge is 0.327 e. The van der Waals surface area contributed by atoms with Gasteiger partial charge in [-0.25, -0.2) is 13.4 Å². The van der Waals surface area contributed by atoms with Gasteiger partial charge in [-0.15, -0.1) is 0 Å². The average Bonchev–Trinajstić information content (AvgIpc) is 3.38. The zero-order valence-electron chi connectivity index (χ0n) is 16.7. The predicted molar refractivity (Wildman–Crippen MR) is 112 cm³/mol. The lowest BCUT2D eigenvalue weighted by Crippen LogP contribution is -2.29. The van der Waals surface area contributed by atoms with E-state index < -0.39 is 10.0 Å². The molecule has 2 aromatic heterocycles. The van der Waals surface area contributed by atoms with E-state index in [0.717, 1.165) is 49.1 Å². The van der Waals surface area contributed by atoms with Crippen LogP contribution in [-0.2, 0) is 29.4 Å². The topological polar surface area (TPSA) is 68.1 Å². The van der Waals surface area contributed by atoms with Crippen molar-refractivity contribution in [1.29, 1.82) is 0 Å². The number of hydrogen-bond donors (Lipinski definition) is 0. The minimum absolute atomic E-state index is 0.106. The van der Waals surface area contributed by atoms with Crippen molar-refractivity contribution in [2.75, 3.05) is 13.1 Å². The Kier molecular flexibility index (Phi) is 4.67. The molecule has 3 aromatic rings. The van der Waals surface area contributed by atoms with Crippen molar-refractivity contribution in [2.45, 2.75) is 56.4 Å². The number of aryl methyl sites for hydroxylation is 3. The van der Waals surface area contributed by atoms with Crippen LogP contribution in [0.3, 0.4) is 0 Å². The van der Waals surface area contributed by atoms with Gasteiger partial charge in [0.1, 0.15) is 5.82 Å². The van der Waals surface area contributed by atoms with Crippen LogP contribution in [0, 0.1) is 0 Å². The van der Waals surface area contributed by atoms with Gasteiger partial charge in [0.05, 0.1) is 22.1 Å². The molecule has 5 rings (SSSR count). The number of hydrogen-bond acceptors (Lipinski definition) is 4. The van der Waals surface area contributed by atoms with Crippen molar-refractivity contribution in [2.24, 2.45) is 0 Å². The number of pyridine rings is 1. The quantitative estimate of drug-likeness (QED) is 0.660. The van der Waals surface area contributed by atoms with E-state index in [4.69, 9.17) is 4.98 Å². The molecule has 2 aliphatic rings. The van der Waals surface area contributed by atoms with Gasteiger partial charge in [0, 0.05) is 31.7 Å². The van der Waals surface area contributed by atoms with E-state index in [1.165, 1.54) is 17.5 Å². The van der Waals surface area contributed by atoms with Gasteiger partial charge in [-0.2, -0.15) is 4.31 Å². The lowest BCUT2D eigenvalue weighted by atomic mass is 9.92. The second-order valence-corrected chi connectivity index (χ2v) is 10.0. The van der Waals surface area contributed by atoms with Crippen molar-refractivity contribution < 1.29 is 8.42 Å². The minimum atomic E-state index is -3.48. The number of imidazole rings is 1. The molecular formula is C22H26N4O2S. The van der Waals surface area contributed by atoms with Crippen LogP contribution in [0.15, 0.2) is 41.6 Å². The highest BCUT2D eigenvalue weighted by Crippen LogP contribution is 2.33. The Hall–Kier alpha value is -2.25. The Morgan fingerprint density at radius 3 is 2.79 bits per heavy atom. The van der Waals surface area contributed by atoms with Gasteiger partial charge >= 0.3 is 0 Å². The summed E-state index contributed by atoms with van der Waals surface area (Å²) in [4.78, 5) is 9.47. The number of benzene rings is 1. The van der Waals surface area contributed by atoms with Crippen LogP contribution in [0.4, 0.5) is 0 Å². The molecule has 0 amide bonds. The minimum Gasteiger partial charge on any atom is -0.327 e. The summed E-state index contributed by atoms with van der Waals surface area (Å²) in [7, 11) is -3.48. The van der Waals surface area contributed by atoms with Gasteiger partial charge in [-0.3, -0.25) is 4.98 Å². The third-order valence-corrected chi connectivity index (χ3v) is 8.23. The lowest BCUT2D eigenvalue weighted by Gasteiger charge is -2.20. The van der Waals surface area contributed by atoms with E-state index in [-0.39, 0.29) is 5.92 Å². The van der Waals surface area contributed by atoms with Crippen molar-refractivity contribution in [1.82, 2.24) is 18.8 Å². The summed E-state index contributed by atoms with van der Waals surface area (Å²) in [6.45, 7) is 3.91. The average molecular weight is 411 g/mol. The third kappa shape index (κ3) is 3.16. The molecule has 0 bridgehead atoms. The highest BCUT2D eigenvalue weighted by atomic mass is 32.2. The second kappa shape index (κ2) is 7.22. The molecule has 3 heterocycles. The zero-order chi connectivity index (χ0) is 20.0. The molecule has 1 saturated heterocycles. The third-order valence-electron chi connectivity index (χ3n) is 6.37. The molecule has 7 heteroatoms. The Labute approximate surface area is 171 Å². The van der Waals surface area contributed by atoms with Crippen LogP contribution in [-0.4, -0.2) is 40.3 Å². The highest BCUT2D eigenvalue weighted by Gasteiger charge is 2.35. The Balaban J connectivity index is 1.43. The highest BCUT2D eigenvalue weighted by molar-refractivity contribution is 7.89. The summed E-state index contributed by atoms with van der Waals surface area (Å²) in [5.74, 6) is 1.08. The van der Waals surface area contributed by atoms with E-state index in [1.54, 1.807) is 16.6 Å². The van der Waals surface area contributed by atoms with Crippen molar-refractivity contribution in [3.8, 4) is 0 Å². The first-order valence-electron chi connectivity index (χ1n) is 10.5. The van der Waals surface area contributed by atoms with Crippen LogP contribution >= 0.6 is 0 Å². The summed E-state index contributed by atoms with van der Waals surface area (Å²) in [5.41, 5.74) is 4.45. The maximum atomic E-state index is 13.3. The maximum absolute atomic E-state index is 13.3. The molecule has 0 spiro atoms. The number of nitrogens with zero attached hydrogens (tertiary/aromatic N) is 4. The van der Waals surface area contributed by atoms with Gasteiger partial charge in [0.25, 0.3) is 0 Å². The molecule has 1 aliphatic heterocycles. The predicted octanol–water partition coefficient (Wildman–Crippen LogP) is 3.51. The fourth-order valence-electron chi connectivity index (χ4n) is 4.81. The fraction of sp³-hybridized carbons (Fsp3) is 0.455. The number of aromatic nitrogens is 3. The maximum Gasteiger partial charge on any atom is 0.243 e. The van der Waals surface area contributed by atoms with Gasteiger partial charge < -0.3 is 4.57 Å². The first-order chi connectivity index (χ1) is 14.1. The molecule has 0 saturated carbocycles. The molecule has 29 heavy (non-hydrogen) atoms. The van der Waals surface area contributed by atoms with Crippen molar-refractivity contribution in [3.63, 3.8) is 0 Å². The normalized spacial score (nSPS) is 20.2. The van der Waals surface area contributed by atoms with Crippen LogP contribution in [0.1, 0.15) is 49.1 Å². The van der Waals surface area contributed by atoms with Crippen molar-refractivity contribution >= 4 is 21.1 Å². The smallest absolute Gasteiger partial charge is 0.243 e. The summed E-state index contributed by atoms with van der Waals surface area (Å²) < 4.78 is 30.4. The molecule has 152 valence electrons. The summed E-state index contributed by atoms with van der Waals surface area (Å²) >= 11 is 0. The number of fused-ring (bicyclic) bond motifs is 2. The van der Waals surface area contributed by atoms with Gasteiger partial charge in [0.15, 0.2) is 0 Å². The van der Waals surface area contributed by atoms with Gasteiger partial charge in [-0.1, -0.05) is 6.07 Å². The molecule has 6 nitrogen and oxygen atoms in total. The van der Waals surface area contributed by atoms with Crippen LogP contribution < -0.4 is 0 Å². The summed E-state index contributed by atoms with van der Waals surface area (Å²) in [6, 6.07) is 7.63. The van der Waals surface area contributed by atoms with Crippen molar-refractivity contribution in [3.05, 3.63) is 53.6 Å². The monoisotopic (exact) mass is 410 g/mol. The molecule has 0 N–H and O–H groups in total. The number of rotatable bonds is 4. The Morgan fingerprint density at radius 2 is 1.97 bits per heavy atom. The van der Waals surface area contributed by atoms with E-state index in [2.05, 4.69) is 16.5 Å². The Morgan fingerprint density at radius 1 is 1.14 bits per heavy atom. The van der Waals surface area contributed by atoms with E-state index in [1.807, 2.05) is 24.4 Å². The SMILES string of the molecule is CCn1c([C@@H]2CCN(S(=O)(=O)c3ccc4c(c3)CCCC4)C2)nc2ccncc21. The first-order valence-corrected chi connectivity index (χ1v) is 11.9. The molecule has 0 radical (unpaired) electrons.